The molecular weight excluding hydrogens is 244 g/mol. The van der Waals surface area contributed by atoms with Gasteiger partial charge in [0.1, 0.15) is 25.4 Å². The third-order valence-electron chi connectivity index (χ3n) is 2.34. The Bertz CT molecular complexity index is 375. The van der Waals surface area contributed by atoms with E-state index in [9.17, 15) is 0 Å². The summed E-state index contributed by atoms with van der Waals surface area (Å²) in [6.45, 7) is 4.74. The molecule has 1 aliphatic heterocycles. The zero-order chi connectivity index (χ0) is 13.9. The predicted molar refractivity (Wildman–Crippen MR) is 72.2 cm³/mol. The van der Waals surface area contributed by atoms with Crippen molar-refractivity contribution in [2.24, 2.45) is 0 Å². The lowest BCUT2D eigenvalue weighted by Gasteiger charge is -2.31. The highest BCUT2D eigenvalue weighted by molar-refractivity contribution is 5.02. The largest absolute Gasteiger partial charge is 0.366 e. The standard InChI is InChI=1S/C15H18O4/c1-4-9-16-12-14-13(17-10-5-2)7-8-15(19-14)18-11-6-3/h1-2,6-8,13-15H,3,9-12H2/t13-,14+,15-/m0/s1. The maximum Gasteiger partial charge on any atom is 0.177 e. The van der Waals surface area contributed by atoms with E-state index in [2.05, 4.69) is 18.4 Å². The minimum Gasteiger partial charge on any atom is -0.366 e. The van der Waals surface area contributed by atoms with Crippen LogP contribution in [0.25, 0.3) is 0 Å². The molecule has 0 saturated heterocycles. The number of ether oxygens (including phenoxy) is 4. The van der Waals surface area contributed by atoms with Gasteiger partial charge >= 0.3 is 0 Å². The molecular formula is C15H18O4. The van der Waals surface area contributed by atoms with E-state index in [1.807, 2.05) is 6.08 Å². The first kappa shape index (κ1) is 15.5. The van der Waals surface area contributed by atoms with Gasteiger partial charge in [0.25, 0.3) is 0 Å². The van der Waals surface area contributed by atoms with Crippen LogP contribution in [0.5, 0.6) is 0 Å². The maximum absolute atomic E-state index is 5.70. The zero-order valence-electron chi connectivity index (χ0n) is 10.8. The van der Waals surface area contributed by atoms with Crippen molar-refractivity contribution >= 4 is 0 Å². The Balaban J connectivity index is 2.53. The van der Waals surface area contributed by atoms with Gasteiger partial charge in [0, 0.05) is 0 Å². The Labute approximate surface area is 114 Å². The first-order chi connectivity index (χ1) is 9.31. The Hall–Kier alpha value is -1.56. The molecule has 0 aromatic heterocycles. The fourth-order valence-corrected chi connectivity index (χ4v) is 1.55. The molecule has 0 aromatic carbocycles. The lowest BCUT2D eigenvalue weighted by molar-refractivity contribution is -0.185. The van der Waals surface area contributed by atoms with Crippen LogP contribution in [0.4, 0.5) is 0 Å². The van der Waals surface area contributed by atoms with Crippen LogP contribution in [-0.4, -0.2) is 44.9 Å². The van der Waals surface area contributed by atoms with Crippen LogP contribution in [0, 0.1) is 24.7 Å². The van der Waals surface area contributed by atoms with Crippen LogP contribution in [0.1, 0.15) is 0 Å². The van der Waals surface area contributed by atoms with Crippen molar-refractivity contribution in [3.63, 3.8) is 0 Å². The summed E-state index contributed by atoms with van der Waals surface area (Å²) in [5, 5.41) is 0. The summed E-state index contributed by atoms with van der Waals surface area (Å²) in [5.41, 5.74) is 0. The minimum atomic E-state index is -0.442. The van der Waals surface area contributed by atoms with E-state index in [0.717, 1.165) is 0 Å². The SMILES string of the molecule is C#CCOC[C@H]1O[C@H](OCC=C)C=C[C@@H]1OCC#C. The second kappa shape index (κ2) is 9.38. The topological polar surface area (TPSA) is 36.9 Å². The summed E-state index contributed by atoms with van der Waals surface area (Å²) in [4.78, 5) is 0. The second-order valence-corrected chi connectivity index (χ2v) is 3.75. The Morgan fingerprint density at radius 3 is 2.68 bits per heavy atom. The molecule has 1 rings (SSSR count). The molecule has 0 amide bonds. The van der Waals surface area contributed by atoms with Crippen molar-refractivity contribution in [1.29, 1.82) is 0 Å². The van der Waals surface area contributed by atoms with E-state index < -0.39 is 6.29 Å². The average Bonchev–Trinajstić information content (AvgIpc) is 2.44. The van der Waals surface area contributed by atoms with Gasteiger partial charge in [-0.05, 0) is 6.08 Å². The van der Waals surface area contributed by atoms with Crippen molar-refractivity contribution in [3.05, 3.63) is 24.8 Å². The van der Waals surface area contributed by atoms with E-state index in [1.54, 1.807) is 12.2 Å². The summed E-state index contributed by atoms with van der Waals surface area (Å²) in [7, 11) is 0. The Morgan fingerprint density at radius 1 is 1.21 bits per heavy atom. The second-order valence-electron chi connectivity index (χ2n) is 3.75. The van der Waals surface area contributed by atoms with E-state index in [4.69, 9.17) is 31.8 Å². The lowest BCUT2D eigenvalue weighted by Crippen LogP contribution is -2.41. The third-order valence-corrected chi connectivity index (χ3v) is 2.34. The van der Waals surface area contributed by atoms with Crippen LogP contribution in [0.2, 0.25) is 0 Å². The molecule has 3 atom stereocenters. The van der Waals surface area contributed by atoms with Crippen molar-refractivity contribution in [3.8, 4) is 24.7 Å². The van der Waals surface area contributed by atoms with Crippen LogP contribution < -0.4 is 0 Å². The summed E-state index contributed by atoms with van der Waals surface area (Å²) in [6.07, 6.45) is 14.6. The number of hydrogen-bond acceptors (Lipinski definition) is 4. The molecule has 4 heteroatoms. The number of rotatable bonds is 8. The number of terminal acetylenes is 2. The van der Waals surface area contributed by atoms with Crippen LogP contribution in [0.15, 0.2) is 24.8 Å². The maximum atomic E-state index is 5.70. The van der Waals surface area contributed by atoms with Crippen molar-refractivity contribution in [1.82, 2.24) is 0 Å². The number of hydrogen-bond donors (Lipinski definition) is 0. The molecule has 1 aliphatic rings. The third kappa shape index (κ3) is 5.74. The molecule has 0 radical (unpaired) electrons. The Morgan fingerprint density at radius 2 is 2.00 bits per heavy atom. The molecule has 19 heavy (non-hydrogen) atoms. The normalized spacial score (nSPS) is 25.5. The monoisotopic (exact) mass is 262 g/mol. The van der Waals surface area contributed by atoms with Gasteiger partial charge in [-0.15, -0.1) is 19.4 Å². The van der Waals surface area contributed by atoms with Crippen molar-refractivity contribution in [2.45, 2.75) is 18.5 Å². The molecule has 1 heterocycles. The van der Waals surface area contributed by atoms with Gasteiger partial charge in [0.2, 0.25) is 0 Å². The summed E-state index contributed by atoms with van der Waals surface area (Å²) in [5.74, 6) is 4.82. The fraction of sp³-hybridized carbons (Fsp3) is 0.467. The highest BCUT2D eigenvalue weighted by atomic mass is 16.7. The van der Waals surface area contributed by atoms with E-state index in [1.165, 1.54) is 0 Å². The molecule has 0 aliphatic carbocycles. The van der Waals surface area contributed by atoms with Gasteiger partial charge in [-0.25, -0.2) is 0 Å². The molecule has 0 unspecified atom stereocenters. The smallest absolute Gasteiger partial charge is 0.177 e. The molecule has 102 valence electrons. The fourth-order valence-electron chi connectivity index (χ4n) is 1.55. The summed E-state index contributed by atoms with van der Waals surface area (Å²) >= 11 is 0. The van der Waals surface area contributed by atoms with Gasteiger partial charge in [0.05, 0.1) is 13.2 Å². The minimum absolute atomic E-state index is 0.211. The summed E-state index contributed by atoms with van der Waals surface area (Å²) in [6, 6.07) is 0. The van der Waals surface area contributed by atoms with E-state index in [-0.39, 0.29) is 25.4 Å². The molecule has 0 N–H and O–H groups in total. The van der Waals surface area contributed by atoms with Crippen LogP contribution >= 0.6 is 0 Å². The zero-order valence-corrected chi connectivity index (χ0v) is 10.8. The lowest BCUT2D eigenvalue weighted by atomic mass is 10.1. The summed E-state index contributed by atoms with van der Waals surface area (Å²) < 4.78 is 21.9. The van der Waals surface area contributed by atoms with Crippen LogP contribution in [-0.2, 0) is 18.9 Å². The highest BCUT2D eigenvalue weighted by Crippen LogP contribution is 2.17. The molecule has 0 fully saturated rings. The van der Waals surface area contributed by atoms with Gasteiger partial charge in [-0.3, -0.25) is 0 Å². The highest BCUT2D eigenvalue weighted by Gasteiger charge is 2.28. The van der Waals surface area contributed by atoms with E-state index >= 15 is 0 Å². The van der Waals surface area contributed by atoms with Gasteiger partial charge < -0.3 is 18.9 Å². The first-order valence-electron chi connectivity index (χ1n) is 5.94. The van der Waals surface area contributed by atoms with Crippen molar-refractivity contribution in [2.75, 3.05) is 26.4 Å². The van der Waals surface area contributed by atoms with E-state index in [0.29, 0.717) is 13.2 Å². The first-order valence-corrected chi connectivity index (χ1v) is 5.94. The van der Waals surface area contributed by atoms with Gasteiger partial charge in [0.15, 0.2) is 6.29 Å². The predicted octanol–water partition coefficient (Wildman–Crippen LogP) is 1.14. The van der Waals surface area contributed by atoms with Gasteiger partial charge in [-0.2, -0.15) is 0 Å². The Kier molecular flexibility index (Phi) is 7.65. The molecule has 0 spiro atoms. The van der Waals surface area contributed by atoms with Crippen molar-refractivity contribution < 1.29 is 18.9 Å². The molecule has 4 nitrogen and oxygen atoms in total. The van der Waals surface area contributed by atoms with Gasteiger partial charge in [-0.1, -0.05) is 24.0 Å². The average molecular weight is 262 g/mol. The molecule has 0 bridgehead atoms. The quantitative estimate of drug-likeness (QED) is 0.373. The molecule has 0 saturated carbocycles. The van der Waals surface area contributed by atoms with Crippen LogP contribution in [0.3, 0.4) is 0 Å². The molecule has 0 aromatic rings.